The van der Waals surface area contributed by atoms with E-state index in [0.29, 0.717) is 24.3 Å². The lowest BCUT2D eigenvalue weighted by Crippen LogP contribution is -2.32. The lowest BCUT2D eigenvalue weighted by molar-refractivity contribution is 0.0791. The summed E-state index contributed by atoms with van der Waals surface area (Å²) in [7, 11) is 3.79. The summed E-state index contributed by atoms with van der Waals surface area (Å²) in [4.78, 5) is 16.1. The monoisotopic (exact) mass is 259 g/mol. The van der Waals surface area contributed by atoms with Crippen molar-refractivity contribution in [1.82, 2.24) is 4.90 Å². The average Bonchev–Trinajstić information content (AvgIpc) is 2.37. The van der Waals surface area contributed by atoms with Gasteiger partial charge in [-0.3, -0.25) is 4.79 Å². The summed E-state index contributed by atoms with van der Waals surface area (Å²) in [6.07, 6.45) is 3.39. The molecule has 4 heteroatoms. The number of nitrogens with two attached hydrogens (primary N) is 1. The predicted octanol–water partition coefficient (Wildman–Crippen LogP) is 2.15. The van der Waals surface area contributed by atoms with Gasteiger partial charge in [0.15, 0.2) is 0 Å². The van der Waals surface area contributed by atoms with Crippen LogP contribution in [0.5, 0.6) is 0 Å². The van der Waals surface area contributed by atoms with Gasteiger partial charge in [0, 0.05) is 38.6 Å². The molecule has 4 nitrogen and oxygen atoms in total. The smallest absolute Gasteiger partial charge is 0.256 e. The molecule has 19 heavy (non-hydrogen) atoms. The van der Waals surface area contributed by atoms with Gasteiger partial charge in [-0.25, -0.2) is 0 Å². The molecular weight excluding hydrogens is 238 g/mol. The quantitative estimate of drug-likeness (QED) is 0.629. The van der Waals surface area contributed by atoms with Crippen LogP contribution in [0.4, 0.5) is 11.4 Å². The molecule has 1 aromatic rings. The molecule has 0 aromatic heterocycles. The zero-order chi connectivity index (χ0) is 14.4. The number of rotatable bonds is 6. The van der Waals surface area contributed by atoms with Crippen molar-refractivity contribution in [3.8, 4) is 0 Å². The fourth-order valence-electron chi connectivity index (χ4n) is 1.84. The Morgan fingerprint density at radius 2 is 1.84 bits per heavy atom. The second-order valence-corrected chi connectivity index (χ2v) is 4.46. The standard InChI is InChI=1S/C15H21N3O/c1-5-9-18(10-6-2)15(19)13-11-12(16)7-8-14(13)17(3)4/h5-8,11H,1-2,9-10,16H2,3-4H3. The minimum atomic E-state index is -0.0733. The van der Waals surface area contributed by atoms with Crippen molar-refractivity contribution >= 4 is 17.3 Å². The van der Waals surface area contributed by atoms with Gasteiger partial charge in [0.2, 0.25) is 0 Å². The fraction of sp³-hybridized carbons (Fsp3) is 0.267. The van der Waals surface area contributed by atoms with Crippen LogP contribution in [0.3, 0.4) is 0 Å². The highest BCUT2D eigenvalue weighted by molar-refractivity contribution is 6.00. The number of carbonyl (C=O) groups is 1. The van der Waals surface area contributed by atoms with Crippen molar-refractivity contribution in [2.24, 2.45) is 0 Å². The second-order valence-electron chi connectivity index (χ2n) is 4.46. The Labute approximate surface area is 114 Å². The first kappa shape index (κ1) is 14.8. The van der Waals surface area contributed by atoms with Gasteiger partial charge in [-0.05, 0) is 18.2 Å². The maximum absolute atomic E-state index is 12.6. The largest absolute Gasteiger partial charge is 0.399 e. The Morgan fingerprint density at radius 3 is 2.32 bits per heavy atom. The molecule has 0 aliphatic heterocycles. The Hall–Kier alpha value is -2.23. The van der Waals surface area contributed by atoms with Crippen LogP contribution in [-0.4, -0.2) is 38.0 Å². The van der Waals surface area contributed by atoms with E-state index in [9.17, 15) is 4.79 Å². The van der Waals surface area contributed by atoms with Crippen LogP contribution in [0.25, 0.3) is 0 Å². The van der Waals surface area contributed by atoms with Crippen molar-refractivity contribution in [1.29, 1.82) is 0 Å². The SMILES string of the molecule is C=CCN(CC=C)C(=O)c1cc(N)ccc1N(C)C. The first-order chi connectivity index (χ1) is 9.01. The van der Waals surface area contributed by atoms with E-state index >= 15 is 0 Å². The van der Waals surface area contributed by atoms with Crippen molar-refractivity contribution in [3.05, 3.63) is 49.1 Å². The summed E-state index contributed by atoms with van der Waals surface area (Å²) in [6.45, 7) is 8.30. The van der Waals surface area contributed by atoms with Gasteiger partial charge < -0.3 is 15.5 Å². The Bertz CT molecular complexity index is 470. The number of benzene rings is 1. The van der Waals surface area contributed by atoms with Gasteiger partial charge in [0.05, 0.1) is 5.56 Å². The highest BCUT2D eigenvalue weighted by Crippen LogP contribution is 2.23. The van der Waals surface area contributed by atoms with Crippen LogP contribution in [-0.2, 0) is 0 Å². The molecule has 1 amide bonds. The van der Waals surface area contributed by atoms with Crippen LogP contribution >= 0.6 is 0 Å². The Balaban J connectivity index is 3.18. The molecule has 0 aliphatic carbocycles. The third-order valence-electron chi connectivity index (χ3n) is 2.72. The zero-order valence-corrected chi connectivity index (χ0v) is 11.6. The highest BCUT2D eigenvalue weighted by atomic mass is 16.2. The summed E-state index contributed by atoms with van der Waals surface area (Å²) in [5.74, 6) is -0.0733. The topological polar surface area (TPSA) is 49.6 Å². The molecule has 2 N–H and O–H groups in total. The fourth-order valence-corrected chi connectivity index (χ4v) is 1.84. The number of nitrogen functional groups attached to an aromatic ring is 1. The molecule has 0 atom stereocenters. The molecule has 0 unspecified atom stereocenters. The summed E-state index contributed by atoms with van der Waals surface area (Å²) < 4.78 is 0. The molecule has 0 spiro atoms. The molecule has 102 valence electrons. The zero-order valence-electron chi connectivity index (χ0n) is 11.6. The maximum Gasteiger partial charge on any atom is 0.256 e. The normalized spacial score (nSPS) is 9.79. The van der Waals surface area contributed by atoms with Gasteiger partial charge in [-0.2, -0.15) is 0 Å². The van der Waals surface area contributed by atoms with Crippen LogP contribution in [0.1, 0.15) is 10.4 Å². The van der Waals surface area contributed by atoms with E-state index in [2.05, 4.69) is 13.2 Å². The van der Waals surface area contributed by atoms with Crippen molar-refractivity contribution in [3.63, 3.8) is 0 Å². The highest BCUT2D eigenvalue weighted by Gasteiger charge is 2.18. The molecule has 1 aromatic carbocycles. The molecule has 0 fully saturated rings. The number of carbonyl (C=O) groups excluding carboxylic acids is 1. The van der Waals surface area contributed by atoms with Crippen LogP contribution < -0.4 is 10.6 Å². The molecule has 0 saturated heterocycles. The van der Waals surface area contributed by atoms with Crippen LogP contribution in [0.15, 0.2) is 43.5 Å². The van der Waals surface area contributed by atoms with Crippen molar-refractivity contribution in [2.75, 3.05) is 37.8 Å². The molecule has 1 rings (SSSR count). The van der Waals surface area contributed by atoms with Gasteiger partial charge in [0.1, 0.15) is 0 Å². The lowest BCUT2D eigenvalue weighted by Gasteiger charge is -2.23. The van der Waals surface area contributed by atoms with E-state index in [1.54, 1.807) is 29.2 Å². The van der Waals surface area contributed by atoms with E-state index in [1.165, 1.54) is 0 Å². The first-order valence-corrected chi connectivity index (χ1v) is 6.09. The van der Waals surface area contributed by atoms with Gasteiger partial charge >= 0.3 is 0 Å². The van der Waals surface area contributed by atoms with Crippen LogP contribution in [0.2, 0.25) is 0 Å². The van der Waals surface area contributed by atoms with E-state index in [4.69, 9.17) is 5.73 Å². The third kappa shape index (κ3) is 3.61. The molecule has 0 radical (unpaired) electrons. The Kier molecular flexibility index (Phi) is 5.18. The van der Waals surface area contributed by atoms with Crippen LogP contribution in [0, 0.1) is 0 Å². The summed E-state index contributed by atoms with van der Waals surface area (Å²) in [5, 5.41) is 0. The second kappa shape index (κ2) is 6.64. The van der Waals surface area contributed by atoms with Crippen molar-refractivity contribution < 1.29 is 4.79 Å². The van der Waals surface area contributed by atoms with E-state index in [0.717, 1.165) is 5.69 Å². The maximum atomic E-state index is 12.6. The number of amides is 1. The minimum Gasteiger partial charge on any atom is -0.399 e. The van der Waals surface area contributed by atoms with Gasteiger partial charge in [0.25, 0.3) is 5.91 Å². The third-order valence-corrected chi connectivity index (χ3v) is 2.72. The van der Waals surface area contributed by atoms with E-state index in [1.807, 2.05) is 25.1 Å². The number of nitrogens with zero attached hydrogens (tertiary/aromatic N) is 2. The predicted molar refractivity (Wildman–Crippen MR) is 81.5 cm³/mol. The number of hydrogen-bond acceptors (Lipinski definition) is 3. The molecule has 0 saturated carbocycles. The lowest BCUT2D eigenvalue weighted by atomic mass is 10.1. The van der Waals surface area contributed by atoms with Gasteiger partial charge in [-0.15, -0.1) is 13.2 Å². The summed E-state index contributed by atoms with van der Waals surface area (Å²) in [5.41, 5.74) is 7.80. The average molecular weight is 259 g/mol. The minimum absolute atomic E-state index is 0.0733. The molecule has 0 bridgehead atoms. The van der Waals surface area contributed by atoms with Crippen molar-refractivity contribution in [2.45, 2.75) is 0 Å². The first-order valence-electron chi connectivity index (χ1n) is 6.09. The molecule has 0 heterocycles. The molecule has 0 aliphatic rings. The number of anilines is 2. The van der Waals surface area contributed by atoms with E-state index in [-0.39, 0.29) is 5.91 Å². The number of hydrogen-bond donors (Lipinski definition) is 1. The molecular formula is C15H21N3O. The Morgan fingerprint density at radius 1 is 1.26 bits per heavy atom. The summed E-state index contributed by atoms with van der Waals surface area (Å²) in [6, 6.07) is 5.34. The summed E-state index contributed by atoms with van der Waals surface area (Å²) >= 11 is 0. The van der Waals surface area contributed by atoms with E-state index < -0.39 is 0 Å². The van der Waals surface area contributed by atoms with Gasteiger partial charge in [-0.1, -0.05) is 12.2 Å².